The number of methoxy groups -OCH3 is 1. The lowest BCUT2D eigenvalue weighted by Crippen LogP contribution is -2.48. The van der Waals surface area contributed by atoms with Crippen molar-refractivity contribution in [1.29, 1.82) is 0 Å². The van der Waals surface area contributed by atoms with E-state index in [9.17, 15) is 9.90 Å². The Bertz CT molecular complexity index is 808. The number of ketones is 1. The van der Waals surface area contributed by atoms with E-state index in [1.165, 1.54) is 0 Å². The first-order valence-corrected chi connectivity index (χ1v) is 13.1. The average Bonchev–Trinajstić information content (AvgIpc) is 3.26. The van der Waals surface area contributed by atoms with E-state index in [-0.39, 0.29) is 48.1 Å². The molecule has 1 N–H and O–H groups in total. The van der Waals surface area contributed by atoms with Crippen LogP contribution in [-0.4, -0.2) is 54.6 Å². The van der Waals surface area contributed by atoms with Crippen LogP contribution in [0.1, 0.15) is 65.4 Å². The molecule has 0 spiro atoms. The van der Waals surface area contributed by atoms with Gasteiger partial charge in [-0.3, -0.25) is 4.79 Å². The van der Waals surface area contributed by atoms with Crippen molar-refractivity contribution < 1.29 is 28.8 Å². The molecule has 2 saturated heterocycles. The van der Waals surface area contributed by atoms with Crippen molar-refractivity contribution in [1.82, 2.24) is 0 Å². The van der Waals surface area contributed by atoms with Crippen LogP contribution in [0, 0.1) is 17.8 Å². The van der Waals surface area contributed by atoms with Crippen molar-refractivity contribution in [2.75, 3.05) is 7.11 Å². The van der Waals surface area contributed by atoms with E-state index in [0.717, 1.165) is 24.2 Å². The second-order valence-corrected chi connectivity index (χ2v) is 10.5. The van der Waals surface area contributed by atoms with Crippen molar-refractivity contribution in [3.8, 4) is 5.75 Å². The number of Topliss-reactive ketones (excluding diaryl/α,β-unsaturated/α-hetero) is 1. The lowest BCUT2D eigenvalue weighted by atomic mass is 9.86. The molecule has 0 bridgehead atoms. The van der Waals surface area contributed by atoms with Crippen molar-refractivity contribution >= 4 is 5.78 Å². The average molecular weight is 489 g/mol. The van der Waals surface area contributed by atoms with Crippen LogP contribution in [0.15, 0.2) is 36.9 Å². The van der Waals surface area contributed by atoms with E-state index in [1.807, 2.05) is 38.1 Å². The third kappa shape index (κ3) is 7.39. The first-order chi connectivity index (χ1) is 16.7. The maximum atomic E-state index is 12.9. The molecule has 6 nitrogen and oxygen atoms in total. The summed E-state index contributed by atoms with van der Waals surface area (Å²) < 4.78 is 23.7. The molecule has 2 aliphatic heterocycles. The molecule has 6 heteroatoms. The number of hydrogen-bond acceptors (Lipinski definition) is 6. The highest BCUT2D eigenvalue weighted by atomic mass is 16.6. The predicted octanol–water partition coefficient (Wildman–Crippen LogP) is 5.11. The van der Waals surface area contributed by atoms with E-state index < -0.39 is 6.10 Å². The molecule has 1 aromatic carbocycles. The summed E-state index contributed by atoms with van der Waals surface area (Å²) in [6, 6.07) is 7.75. The molecule has 0 amide bonds. The zero-order valence-corrected chi connectivity index (χ0v) is 22.0. The highest BCUT2D eigenvalue weighted by molar-refractivity contribution is 5.79. The van der Waals surface area contributed by atoms with Crippen LogP contribution in [0.25, 0.3) is 0 Å². The van der Waals surface area contributed by atoms with Gasteiger partial charge in [0.1, 0.15) is 11.5 Å². The molecule has 0 radical (unpaired) electrons. The largest absolute Gasteiger partial charge is 0.497 e. The molecule has 0 aromatic heterocycles. The normalized spacial score (nSPS) is 29.6. The Kier molecular flexibility index (Phi) is 10.3. The van der Waals surface area contributed by atoms with Gasteiger partial charge in [-0.25, -0.2) is 0 Å². The molecule has 0 unspecified atom stereocenters. The van der Waals surface area contributed by atoms with E-state index >= 15 is 0 Å². The molecule has 9 atom stereocenters. The number of ether oxygens (including phenoxy) is 4. The SMILES string of the molecule is C=C[C@@H](OCc1ccc(OC)cc1)[C@@H](C)CC(=O)C[C@H](C)[C@@H]1O[C@@H]2C[C@@H]([C@@H](C)CC)O[C@@H]2C[C@@H]1O. The number of rotatable bonds is 13. The molecular weight excluding hydrogens is 444 g/mol. The van der Waals surface area contributed by atoms with Gasteiger partial charge in [-0.2, -0.15) is 0 Å². The number of fused-ring (bicyclic) bond motifs is 1. The van der Waals surface area contributed by atoms with E-state index in [4.69, 9.17) is 18.9 Å². The maximum Gasteiger partial charge on any atom is 0.133 e. The van der Waals surface area contributed by atoms with Crippen LogP contribution in [0.5, 0.6) is 5.75 Å². The standard InChI is InChI=1S/C29H44O6/c1-7-18(3)26-16-28-27(34-26)15-24(31)29(35-28)20(5)14-22(30)13-19(4)25(8-2)33-17-21-9-11-23(32-6)12-10-21/h8-12,18-20,24-29,31H,2,7,13-17H2,1,3-6H3/t18-,19-,20-,24-,25+,26-,27+,28+,29-/m0/s1. The number of aliphatic hydroxyl groups excluding tert-OH is 1. The van der Waals surface area contributed by atoms with Crippen molar-refractivity contribution in [2.24, 2.45) is 17.8 Å². The number of carbonyl (C=O) groups is 1. The molecule has 3 rings (SSSR count). The number of carbonyl (C=O) groups excluding carboxylic acids is 1. The van der Waals surface area contributed by atoms with Crippen LogP contribution in [0.2, 0.25) is 0 Å². The smallest absolute Gasteiger partial charge is 0.133 e. The highest BCUT2D eigenvalue weighted by Crippen LogP contribution is 2.38. The van der Waals surface area contributed by atoms with Crippen LogP contribution in [-0.2, 0) is 25.6 Å². The molecular formula is C29H44O6. The van der Waals surface area contributed by atoms with Crippen LogP contribution in [0.3, 0.4) is 0 Å². The molecule has 0 aliphatic carbocycles. The van der Waals surface area contributed by atoms with E-state index in [1.54, 1.807) is 13.2 Å². The first-order valence-electron chi connectivity index (χ1n) is 13.1. The summed E-state index contributed by atoms with van der Waals surface area (Å²) in [5.41, 5.74) is 1.04. The third-order valence-electron chi connectivity index (χ3n) is 7.75. The minimum atomic E-state index is -0.610. The Morgan fingerprint density at radius 3 is 2.43 bits per heavy atom. The second-order valence-electron chi connectivity index (χ2n) is 10.5. The van der Waals surface area contributed by atoms with E-state index in [2.05, 4.69) is 20.4 Å². The van der Waals surface area contributed by atoms with Gasteiger partial charge < -0.3 is 24.1 Å². The lowest BCUT2D eigenvalue weighted by Gasteiger charge is -2.38. The topological polar surface area (TPSA) is 74.2 Å². The van der Waals surface area contributed by atoms with Gasteiger partial charge >= 0.3 is 0 Å². The summed E-state index contributed by atoms with van der Waals surface area (Å²) >= 11 is 0. The predicted molar refractivity (Wildman–Crippen MR) is 136 cm³/mol. The zero-order chi connectivity index (χ0) is 25.5. The molecule has 2 heterocycles. The van der Waals surface area contributed by atoms with Gasteiger partial charge in [-0.15, -0.1) is 6.58 Å². The summed E-state index contributed by atoms with van der Waals surface area (Å²) in [6.07, 6.45) is 4.05. The van der Waals surface area contributed by atoms with E-state index in [0.29, 0.717) is 31.8 Å². The van der Waals surface area contributed by atoms with Gasteiger partial charge in [-0.05, 0) is 35.4 Å². The summed E-state index contributed by atoms with van der Waals surface area (Å²) in [7, 11) is 1.64. The second kappa shape index (κ2) is 13.0. The fourth-order valence-corrected chi connectivity index (χ4v) is 5.32. The Balaban J connectivity index is 1.47. The fraction of sp³-hybridized carbons (Fsp3) is 0.690. The molecule has 35 heavy (non-hydrogen) atoms. The zero-order valence-electron chi connectivity index (χ0n) is 22.0. The van der Waals surface area contributed by atoms with Crippen molar-refractivity contribution in [3.63, 3.8) is 0 Å². The number of hydrogen-bond donors (Lipinski definition) is 1. The van der Waals surface area contributed by atoms with Crippen LogP contribution >= 0.6 is 0 Å². The van der Waals surface area contributed by atoms with Gasteiger partial charge in [0, 0.05) is 25.7 Å². The lowest BCUT2D eigenvalue weighted by molar-refractivity contribution is -0.171. The molecule has 2 aliphatic rings. The third-order valence-corrected chi connectivity index (χ3v) is 7.75. The summed E-state index contributed by atoms with van der Waals surface area (Å²) in [4.78, 5) is 12.9. The number of aliphatic hydroxyl groups is 1. The quantitative estimate of drug-likeness (QED) is 0.389. The van der Waals surface area contributed by atoms with Gasteiger partial charge in [0.15, 0.2) is 0 Å². The molecule has 2 fully saturated rings. The first kappa shape index (κ1) is 27.9. The molecule has 1 aromatic rings. The Labute approximate surface area is 211 Å². The van der Waals surface area contributed by atoms with Crippen molar-refractivity contribution in [3.05, 3.63) is 42.5 Å². The minimum Gasteiger partial charge on any atom is -0.497 e. The fourth-order valence-electron chi connectivity index (χ4n) is 5.32. The highest BCUT2D eigenvalue weighted by Gasteiger charge is 2.46. The number of benzene rings is 1. The summed E-state index contributed by atoms with van der Waals surface area (Å²) in [5, 5.41) is 10.7. The van der Waals surface area contributed by atoms with Crippen LogP contribution in [0.4, 0.5) is 0 Å². The Hall–Kier alpha value is -1.73. The molecule has 196 valence electrons. The Morgan fingerprint density at radius 1 is 1.11 bits per heavy atom. The van der Waals surface area contributed by atoms with Gasteiger partial charge in [-0.1, -0.05) is 52.3 Å². The summed E-state index contributed by atoms with van der Waals surface area (Å²) in [6.45, 7) is 12.7. The van der Waals surface area contributed by atoms with Gasteiger partial charge in [0.05, 0.1) is 50.3 Å². The van der Waals surface area contributed by atoms with Crippen molar-refractivity contribution in [2.45, 2.75) is 103 Å². The monoisotopic (exact) mass is 488 g/mol. The minimum absolute atomic E-state index is 0.00606. The van der Waals surface area contributed by atoms with Gasteiger partial charge in [0.25, 0.3) is 0 Å². The Morgan fingerprint density at radius 2 is 1.80 bits per heavy atom. The van der Waals surface area contributed by atoms with Crippen LogP contribution < -0.4 is 4.74 Å². The van der Waals surface area contributed by atoms with Gasteiger partial charge in [0.2, 0.25) is 0 Å². The molecule has 0 saturated carbocycles. The maximum absolute atomic E-state index is 12.9. The summed E-state index contributed by atoms with van der Waals surface area (Å²) in [5.74, 6) is 1.38.